The van der Waals surface area contributed by atoms with E-state index < -0.39 is 57.9 Å². The summed E-state index contributed by atoms with van der Waals surface area (Å²) in [6, 6.07) is 11.5. The number of phenolic OH excluding ortho intramolecular Hbond substituents is 1. The van der Waals surface area contributed by atoms with E-state index in [0.717, 1.165) is 30.0 Å². The third-order valence-electron chi connectivity index (χ3n) is 9.48. The highest BCUT2D eigenvalue weighted by molar-refractivity contribution is 7.14. The van der Waals surface area contributed by atoms with Gasteiger partial charge in [-0.3, -0.25) is 14.4 Å². The average molecular weight is 631 g/mol. The van der Waals surface area contributed by atoms with Crippen LogP contribution in [0, 0.1) is 11.8 Å². The van der Waals surface area contributed by atoms with Crippen molar-refractivity contribution < 1.29 is 34.8 Å². The van der Waals surface area contributed by atoms with Crippen molar-refractivity contribution in [2.75, 3.05) is 23.3 Å². The first-order chi connectivity index (χ1) is 21.4. The van der Waals surface area contributed by atoms with Gasteiger partial charge in [0, 0.05) is 47.6 Å². The number of ketones is 2. The van der Waals surface area contributed by atoms with Gasteiger partial charge in [-0.2, -0.15) is 0 Å². The van der Waals surface area contributed by atoms with Gasteiger partial charge in [0.1, 0.15) is 17.1 Å². The zero-order valence-electron chi connectivity index (χ0n) is 25.0. The minimum Gasteiger partial charge on any atom is -0.511 e. The number of nitrogens with zero attached hydrogens (tertiary/aromatic N) is 2. The summed E-state index contributed by atoms with van der Waals surface area (Å²) in [5, 5.41) is 50.0. The Hall–Kier alpha value is -4.68. The molecule has 0 radical (unpaired) electrons. The predicted octanol–water partition coefficient (Wildman–Crippen LogP) is 4.85. The molecule has 45 heavy (non-hydrogen) atoms. The van der Waals surface area contributed by atoms with Gasteiger partial charge in [0.15, 0.2) is 22.3 Å². The molecule has 1 heterocycles. The van der Waals surface area contributed by atoms with Crippen LogP contribution in [0.4, 0.5) is 16.5 Å². The molecule has 6 rings (SSSR count). The van der Waals surface area contributed by atoms with E-state index in [2.05, 4.69) is 29.0 Å². The molecule has 7 N–H and O–H groups in total. The molecule has 0 bridgehead atoms. The first kappa shape index (κ1) is 30.4. The van der Waals surface area contributed by atoms with Crippen LogP contribution in [0.3, 0.4) is 0 Å². The molecule has 3 aromatic rings. The number of primary amides is 1. The van der Waals surface area contributed by atoms with Gasteiger partial charge >= 0.3 is 0 Å². The minimum absolute atomic E-state index is 0.0621. The summed E-state index contributed by atoms with van der Waals surface area (Å²) in [5.41, 5.74) is 5.16. The molecule has 4 atom stereocenters. The Labute approximate surface area is 263 Å². The molecule has 3 aliphatic carbocycles. The fourth-order valence-corrected chi connectivity index (χ4v) is 7.75. The lowest BCUT2D eigenvalue weighted by atomic mass is 9.58. The number of hydrogen-bond donors (Lipinski definition) is 6. The number of anilines is 3. The van der Waals surface area contributed by atoms with Crippen LogP contribution in [0.15, 0.2) is 64.4 Å². The van der Waals surface area contributed by atoms with Crippen LogP contribution in [0.5, 0.6) is 5.75 Å². The van der Waals surface area contributed by atoms with E-state index in [-0.39, 0.29) is 35.4 Å². The fraction of sp³-hybridized carbons (Fsp3) is 0.333. The summed E-state index contributed by atoms with van der Waals surface area (Å²) in [6.07, 6.45) is -0.200. The lowest BCUT2D eigenvalue weighted by Gasteiger charge is -2.47. The van der Waals surface area contributed by atoms with Crippen molar-refractivity contribution in [2.24, 2.45) is 17.6 Å². The normalized spacial score (nSPS) is 24.2. The van der Waals surface area contributed by atoms with E-state index in [1.165, 1.54) is 11.3 Å². The molecule has 0 spiro atoms. The van der Waals surface area contributed by atoms with Crippen LogP contribution in [0.1, 0.15) is 55.5 Å². The molecule has 0 saturated carbocycles. The fourth-order valence-electron chi connectivity index (χ4n) is 7.02. The van der Waals surface area contributed by atoms with Crippen molar-refractivity contribution in [3.05, 3.63) is 75.6 Å². The molecule has 0 saturated heterocycles. The second-order valence-electron chi connectivity index (χ2n) is 11.7. The maximum Gasteiger partial charge on any atom is 0.255 e. The number of fused-ring (bicyclic) bond motifs is 3. The van der Waals surface area contributed by atoms with E-state index in [1.54, 1.807) is 12.1 Å². The molecular formula is C33H34N4O7S. The molecule has 1 amide bonds. The second kappa shape index (κ2) is 11.0. The number of thiazole rings is 1. The average Bonchev–Trinajstić information content (AvgIpc) is 3.48. The van der Waals surface area contributed by atoms with E-state index in [9.17, 15) is 34.8 Å². The van der Waals surface area contributed by atoms with E-state index in [1.807, 2.05) is 36.6 Å². The Morgan fingerprint density at radius 3 is 2.44 bits per heavy atom. The van der Waals surface area contributed by atoms with Gasteiger partial charge < -0.3 is 36.4 Å². The van der Waals surface area contributed by atoms with Crippen molar-refractivity contribution >= 4 is 45.3 Å². The van der Waals surface area contributed by atoms with Gasteiger partial charge in [-0.15, -0.1) is 11.3 Å². The maximum absolute atomic E-state index is 13.9. The van der Waals surface area contributed by atoms with Gasteiger partial charge in [-0.1, -0.05) is 25.1 Å². The van der Waals surface area contributed by atoms with Crippen LogP contribution >= 0.6 is 11.3 Å². The third-order valence-corrected chi connectivity index (χ3v) is 10.2. The molecule has 0 fully saturated rings. The molecule has 2 aromatic carbocycles. The monoisotopic (exact) mass is 630 g/mol. The number of carbonyl (C=O) groups excluding carboxylic acids is 3. The van der Waals surface area contributed by atoms with Crippen molar-refractivity contribution in [2.45, 2.75) is 45.1 Å². The predicted molar refractivity (Wildman–Crippen MR) is 170 cm³/mol. The Balaban J connectivity index is 1.32. The lowest BCUT2D eigenvalue weighted by Crippen LogP contribution is -2.57. The van der Waals surface area contributed by atoms with Crippen LogP contribution in [-0.2, 0) is 9.59 Å². The first-order valence-electron chi connectivity index (χ1n) is 14.8. The number of rotatable bonds is 7. The number of benzene rings is 2. The molecule has 0 aliphatic heterocycles. The number of nitrogens with one attached hydrogen (secondary N) is 1. The number of aliphatic hydroxyl groups excluding tert-OH is 2. The number of Topliss-reactive ketones (excluding diaryl/α,β-unsaturated/α-hetero) is 2. The van der Waals surface area contributed by atoms with Gasteiger partial charge in [0.05, 0.1) is 16.9 Å². The standard InChI is InChI=1S/C33H34N4O7S/c1-4-37(5-2)18-8-6-16(7-9-18)22-14-45-32(36-22)35-21-11-10-19-15(3)20-12-17-13-23(38)26(31(34)43)30(42)33(17,44)29(41)25(20)28(40)24(19)27(21)39/h6-11,14-15,17,20,38-39,41,44H,4-5,12-13H2,1-3H3,(H2,34,43)(H,35,36)/t15-,17-,20?,33-/m0/s1. The van der Waals surface area contributed by atoms with Gasteiger partial charge in [-0.25, -0.2) is 4.98 Å². The second-order valence-corrected chi connectivity index (χ2v) is 12.6. The summed E-state index contributed by atoms with van der Waals surface area (Å²) in [6.45, 7) is 7.85. The Bertz CT molecular complexity index is 1810. The SMILES string of the molecule is CCN(CC)c1ccc(-c2csc(Nc3ccc4c(c3O)C(=O)C3=C(O)[C@]5(O)C(=O)C(C(N)=O)=C(O)C[C@@H]5CC3[C@H]4C)n2)cc1. The van der Waals surface area contributed by atoms with Crippen LogP contribution in [0.2, 0.25) is 0 Å². The molecule has 12 heteroatoms. The molecule has 3 aliphatic rings. The minimum atomic E-state index is -2.61. The number of nitrogens with two attached hydrogens (primary N) is 1. The van der Waals surface area contributed by atoms with Crippen LogP contribution in [0.25, 0.3) is 11.3 Å². The summed E-state index contributed by atoms with van der Waals surface area (Å²) in [4.78, 5) is 46.0. The summed E-state index contributed by atoms with van der Waals surface area (Å²) in [7, 11) is 0. The highest BCUT2D eigenvalue weighted by Crippen LogP contribution is 2.55. The van der Waals surface area contributed by atoms with Crippen molar-refractivity contribution in [3.63, 3.8) is 0 Å². The van der Waals surface area contributed by atoms with E-state index in [4.69, 9.17) is 5.73 Å². The van der Waals surface area contributed by atoms with Gasteiger partial charge in [-0.05, 0) is 55.9 Å². The molecule has 234 valence electrons. The van der Waals surface area contributed by atoms with Gasteiger partial charge in [0.2, 0.25) is 5.78 Å². The number of allylic oxidation sites excluding steroid dienone is 2. The number of amides is 1. The van der Waals surface area contributed by atoms with Crippen LogP contribution < -0.4 is 16.0 Å². The summed E-state index contributed by atoms with van der Waals surface area (Å²) in [5.74, 6) is -7.01. The van der Waals surface area contributed by atoms with Crippen molar-refractivity contribution in [1.29, 1.82) is 0 Å². The van der Waals surface area contributed by atoms with Gasteiger partial charge in [0.25, 0.3) is 5.91 Å². The number of aliphatic hydroxyl groups is 3. The van der Waals surface area contributed by atoms with Crippen molar-refractivity contribution in [3.8, 4) is 17.0 Å². The van der Waals surface area contributed by atoms with E-state index >= 15 is 0 Å². The quantitative estimate of drug-likeness (QED) is 0.156. The molecule has 1 unspecified atom stereocenters. The largest absolute Gasteiger partial charge is 0.511 e. The maximum atomic E-state index is 13.9. The number of carbonyl (C=O) groups is 3. The summed E-state index contributed by atoms with van der Waals surface area (Å²) < 4.78 is 0. The number of hydrogen-bond acceptors (Lipinski definition) is 11. The Morgan fingerprint density at radius 2 is 1.80 bits per heavy atom. The number of aromatic hydroxyl groups is 1. The topological polar surface area (TPSA) is 186 Å². The number of phenols is 1. The smallest absolute Gasteiger partial charge is 0.255 e. The number of aromatic nitrogens is 1. The Kier molecular flexibility index (Phi) is 7.45. The molecule has 11 nitrogen and oxygen atoms in total. The molecule has 1 aromatic heterocycles. The highest BCUT2D eigenvalue weighted by atomic mass is 32.1. The van der Waals surface area contributed by atoms with Crippen molar-refractivity contribution in [1.82, 2.24) is 4.98 Å². The zero-order valence-corrected chi connectivity index (χ0v) is 25.8. The highest BCUT2D eigenvalue weighted by Gasteiger charge is 2.60. The molecular weight excluding hydrogens is 596 g/mol. The first-order valence-corrected chi connectivity index (χ1v) is 15.7. The summed E-state index contributed by atoms with van der Waals surface area (Å²) >= 11 is 1.33. The van der Waals surface area contributed by atoms with E-state index in [0.29, 0.717) is 10.7 Å². The van der Waals surface area contributed by atoms with Crippen LogP contribution in [-0.4, -0.2) is 61.6 Å². The third kappa shape index (κ3) is 4.58. The lowest BCUT2D eigenvalue weighted by molar-refractivity contribution is -0.144. The zero-order chi connectivity index (χ0) is 32.4. The Morgan fingerprint density at radius 1 is 1.11 bits per heavy atom.